The van der Waals surface area contributed by atoms with Gasteiger partial charge in [0.2, 0.25) is 0 Å². The number of nitrogens with two attached hydrogens (primary N) is 1. The van der Waals surface area contributed by atoms with Crippen LogP contribution in [-0.4, -0.2) is 42.8 Å². The molecule has 1 heterocycles. The Morgan fingerprint density at radius 1 is 1.47 bits per heavy atom. The zero-order chi connectivity index (χ0) is 12.7. The van der Waals surface area contributed by atoms with Crippen LogP contribution >= 0.6 is 0 Å². The third-order valence-corrected chi connectivity index (χ3v) is 3.36. The molecule has 0 aromatic heterocycles. The van der Waals surface area contributed by atoms with Crippen molar-refractivity contribution in [3.8, 4) is 6.07 Å². The van der Waals surface area contributed by atoms with Crippen molar-refractivity contribution in [1.29, 1.82) is 5.26 Å². The Kier molecular flexibility index (Phi) is 5.90. The second-order valence-electron chi connectivity index (χ2n) is 5.13. The molecule has 2 N–H and O–H groups in total. The van der Waals surface area contributed by atoms with Gasteiger partial charge >= 0.3 is 0 Å². The first-order valence-electron chi connectivity index (χ1n) is 6.61. The first-order chi connectivity index (χ1) is 8.07. The topological polar surface area (TPSA) is 62.3 Å². The van der Waals surface area contributed by atoms with E-state index in [-0.39, 0.29) is 0 Å². The van der Waals surface area contributed by atoms with Gasteiger partial charge in [0.1, 0.15) is 5.54 Å². The van der Waals surface area contributed by atoms with Gasteiger partial charge in [-0.15, -0.1) is 0 Å². The largest absolute Gasteiger partial charge is 0.378 e. The van der Waals surface area contributed by atoms with Crippen LogP contribution in [0.2, 0.25) is 0 Å². The summed E-state index contributed by atoms with van der Waals surface area (Å²) >= 11 is 0. The predicted octanol–water partition coefficient (Wildman–Crippen LogP) is 1.51. The van der Waals surface area contributed by atoms with Gasteiger partial charge < -0.3 is 15.4 Å². The molecule has 1 aliphatic rings. The number of nitrogens with zero attached hydrogens (tertiary/aromatic N) is 2. The van der Waals surface area contributed by atoms with E-state index in [4.69, 9.17) is 15.7 Å². The lowest BCUT2D eigenvalue weighted by atomic mass is 9.98. The molecule has 4 heteroatoms. The van der Waals surface area contributed by atoms with Gasteiger partial charge in [0.25, 0.3) is 0 Å². The highest BCUT2D eigenvalue weighted by Crippen LogP contribution is 2.15. The summed E-state index contributed by atoms with van der Waals surface area (Å²) in [5, 5.41) is 8.82. The van der Waals surface area contributed by atoms with Crippen molar-refractivity contribution in [1.82, 2.24) is 4.90 Å². The maximum atomic E-state index is 8.82. The summed E-state index contributed by atoms with van der Waals surface area (Å²) in [6, 6.07) is 2.14. The van der Waals surface area contributed by atoms with E-state index in [2.05, 4.69) is 17.9 Å². The molecule has 1 aliphatic heterocycles. The number of nitriles is 1. The molecule has 1 fully saturated rings. The third-order valence-electron chi connectivity index (χ3n) is 3.36. The maximum absolute atomic E-state index is 8.82. The fourth-order valence-electron chi connectivity index (χ4n) is 2.26. The van der Waals surface area contributed by atoms with Crippen LogP contribution in [0, 0.1) is 11.3 Å². The van der Waals surface area contributed by atoms with E-state index in [0.717, 1.165) is 51.9 Å². The lowest BCUT2D eigenvalue weighted by molar-refractivity contribution is 0.0138. The molecule has 98 valence electrons. The summed E-state index contributed by atoms with van der Waals surface area (Å²) in [6.45, 7) is 7.94. The Bertz CT molecular complexity index is 252. The molecule has 0 aromatic rings. The van der Waals surface area contributed by atoms with Gasteiger partial charge in [-0.25, -0.2) is 0 Å². The van der Waals surface area contributed by atoms with Crippen molar-refractivity contribution in [3.63, 3.8) is 0 Å². The molecule has 17 heavy (non-hydrogen) atoms. The van der Waals surface area contributed by atoms with Gasteiger partial charge in [-0.3, -0.25) is 0 Å². The molecule has 1 saturated heterocycles. The van der Waals surface area contributed by atoms with Crippen molar-refractivity contribution in [2.24, 2.45) is 5.73 Å². The molecule has 0 spiro atoms. The number of likely N-dealkylation sites (tertiary alicyclic amines) is 1. The molecule has 4 nitrogen and oxygen atoms in total. The number of hydrogen-bond acceptors (Lipinski definition) is 4. The minimum absolute atomic E-state index is 0.454. The van der Waals surface area contributed by atoms with Crippen LogP contribution in [0.15, 0.2) is 0 Å². The van der Waals surface area contributed by atoms with Gasteiger partial charge in [0, 0.05) is 19.7 Å². The van der Waals surface area contributed by atoms with E-state index in [9.17, 15) is 0 Å². The number of rotatable bonds is 6. The Labute approximate surface area is 105 Å². The first-order valence-corrected chi connectivity index (χ1v) is 6.61. The van der Waals surface area contributed by atoms with Crippen LogP contribution in [-0.2, 0) is 4.74 Å². The first kappa shape index (κ1) is 14.4. The van der Waals surface area contributed by atoms with E-state index < -0.39 is 5.54 Å². The van der Waals surface area contributed by atoms with E-state index in [0.29, 0.717) is 6.10 Å². The highest BCUT2D eigenvalue weighted by atomic mass is 16.5. The van der Waals surface area contributed by atoms with Gasteiger partial charge in [0.05, 0.1) is 12.2 Å². The minimum atomic E-state index is -0.663. The van der Waals surface area contributed by atoms with E-state index in [1.54, 1.807) is 6.92 Å². The lowest BCUT2D eigenvalue weighted by Crippen LogP contribution is -2.39. The van der Waals surface area contributed by atoms with Crippen LogP contribution in [0.3, 0.4) is 0 Å². The molecule has 0 radical (unpaired) electrons. The molecule has 0 saturated carbocycles. The summed E-state index contributed by atoms with van der Waals surface area (Å²) < 4.78 is 5.62. The van der Waals surface area contributed by atoms with Crippen LogP contribution < -0.4 is 5.73 Å². The summed E-state index contributed by atoms with van der Waals surface area (Å²) in [5.41, 5.74) is 5.13. The van der Waals surface area contributed by atoms with Crippen molar-refractivity contribution < 1.29 is 4.74 Å². The standard InChI is InChI=1S/C13H25N3O/c1-3-17-12-5-9-16(10-6-12)8-4-7-13(2,15)11-14/h12H,3-10,15H2,1-2H3. The fraction of sp³-hybridized carbons (Fsp3) is 0.923. The quantitative estimate of drug-likeness (QED) is 0.763. The smallest absolute Gasteiger partial charge is 0.101 e. The van der Waals surface area contributed by atoms with Crippen LogP contribution in [0.1, 0.15) is 39.5 Å². The maximum Gasteiger partial charge on any atom is 0.101 e. The SMILES string of the molecule is CCOC1CCN(CCCC(C)(N)C#N)CC1. The zero-order valence-electron chi connectivity index (χ0n) is 11.1. The average Bonchev–Trinajstić information content (AvgIpc) is 2.32. The molecular formula is C13H25N3O. The normalized spacial score (nSPS) is 22.0. The molecule has 0 aromatic carbocycles. The molecule has 0 amide bonds. The van der Waals surface area contributed by atoms with Crippen molar-refractivity contribution in [2.45, 2.75) is 51.2 Å². The van der Waals surface area contributed by atoms with Crippen molar-refractivity contribution >= 4 is 0 Å². The molecule has 1 unspecified atom stereocenters. The van der Waals surface area contributed by atoms with E-state index in [1.807, 2.05) is 0 Å². The average molecular weight is 239 g/mol. The molecule has 1 rings (SSSR count). The van der Waals surface area contributed by atoms with Crippen LogP contribution in [0.4, 0.5) is 0 Å². The number of hydrogen-bond donors (Lipinski definition) is 1. The van der Waals surface area contributed by atoms with Crippen molar-refractivity contribution in [2.75, 3.05) is 26.2 Å². The third kappa shape index (κ3) is 5.49. The summed E-state index contributed by atoms with van der Waals surface area (Å²) in [5.74, 6) is 0. The second kappa shape index (κ2) is 6.95. The zero-order valence-corrected chi connectivity index (χ0v) is 11.1. The Balaban J connectivity index is 2.13. The van der Waals surface area contributed by atoms with E-state index >= 15 is 0 Å². The number of ether oxygens (including phenoxy) is 1. The monoisotopic (exact) mass is 239 g/mol. The Morgan fingerprint density at radius 2 is 2.12 bits per heavy atom. The predicted molar refractivity (Wildman–Crippen MR) is 68.5 cm³/mol. The van der Waals surface area contributed by atoms with Crippen LogP contribution in [0.5, 0.6) is 0 Å². The number of piperidine rings is 1. The van der Waals surface area contributed by atoms with Gasteiger partial charge in [-0.2, -0.15) is 5.26 Å². The highest BCUT2D eigenvalue weighted by molar-refractivity contribution is 5.00. The molecule has 0 bridgehead atoms. The van der Waals surface area contributed by atoms with Crippen LogP contribution in [0.25, 0.3) is 0 Å². The molecule has 0 aliphatic carbocycles. The second-order valence-corrected chi connectivity index (χ2v) is 5.13. The fourth-order valence-corrected chi connectivity index (χ4v) is 2.26. The molecular weight excluding hydrogens is 214 g/mol. The Hall–Kier alpha value is -0.630. The molecule has 1 atom stereocenters. The van der Waals surface area contributed by atoms with Gasteiger partial charge in [-0.05, 0) is 46.1 Å². The summed E-state index contributed by atoms with van der Waals surface area (Å²) in [7, 11) is 0. The Morgan fingerprint density at radius 3 is 2.65 bits per heavy atom. The van der Waals surface area contributed by atoms with Gasteiger partial charge in [-0.1, -0.05) is 0 Å². The highest BCUT2D eigenvalue weighted by Gasteiger charge is 2.21. The van der Waals surface area contributed by atoms with Crippen molar-refractivity contribution in [3.05, 3.63) is 0 Å². The summed E-state index contributed by atoms with van der Waals surface area (Å²) in [4.78, 5) is 2.45. The lowest BCUT2D eigenvalue weighted by Gasteiger charge is -2.32. The minimum Gasteiger partial charge on any atom is -0.378 e. The summed E-state index contributed by atoms with van der Waals surface area (Å²) in [6.07, 6.45) is 4.49. The van der Waals surface area contributed by atoms with E-state index in [1.165, 1.54) is 0 Å². The van der Waals surface area contributed by atoms with Gasteiger partial charge in [0.15, 0.2) is 0 Å².